The number of rotatable bonds is 5. The normalized spacial score (nSPS) is 17.0. The Morgan fingerprint density at radius 3 is 2.32 bits per heavy atom. The number of para-hydroxylation sites is 1. The summed E-state index contributed by atoms with van der Waals surface area (Å²) in [6, 6.07) is 11.4. The third kappa shape index (κ3) is 3.99. The number of piperazine rings is 1. The molecule has 1 saturated heterocycles. The summed E-state index contributed by atoms with van der Waals surface area (Å²) < 4.78 is 52.9. The Balaban J connectivity index is 1.54. The molecule has 0 spiro atoms. The van der Waals surface area contributed by atoms with Crippen LogP contribution in [0, 0.1) is 5.82 Å². The van der Waals surface area contributed by atoms with Crippen molar-refractivity contribution in [2.75, 3.05) is 58.4 Å². The quantitative estimate of drug-likeness (QED) is 0.697. The predicted molar refractivity (Wildman–Crippen MR) is 116 cm³/mol. The van der Waals surface area contributed by atoms with Gasteiger partial charge in [0.15, 0.2) is 0 Å². The fraction of sp³-hybridized carbons (Fsp3) is 0.381. The molecule has 2 aliphatic rings. The van der Waals surface area contributed by atoms with Gasteiger partial charge in [-0.05, 0) is 24.3 Å². The number of sulfonamides is 1. The van der Waals surface area contributed by atoms with Gasteiger partial charge in [0.2, 0.25) is 5.96 Å². The summed E-state index contributed by atoms with van der Waals surface area (Å²) in [5, 5.41) is 0. The van der Waals surface area contributed by atoms with Gasteiger partial charge in [-0.3, -0.25) is 4.99 Å². The molecule has 4 rings (SSSR count). The molecule has 0 aliphatic carbocycles. The van der Waals surface area contributed by atoms with E-state index in [0.29, 0.717) is 50.1 Å². The van der Waals surface area contributed by atoms with Crippen molar-refractivity contribution in [2.24, 2.45) is 4.99 Å². The molecule has 0 bridgehead atoms. The molecule has 10 heteroatoms. The van der Waals surface area contributed by atoms with Crippen LogP contribution in [-0.2, 0) is 10.0 Å². The van der Waals surface area contributed by atoms with Gasteiger partial charge in [-0.25, -0.2) is 17.1 Å². The molecule has 0 aromatic heterocycles. The number of methoxy groups -OCH3 is 2. The monoisotopic (exact) mass is 448 g/mol. The average Bonchev–Trinajstić information content (AvgIpc) is 3.30. The van der Waals surface area contributed by atoms with Crippen LogP contribution in [0.15, 0.2) is 52.4 Å². The van der Waals surface area contributed by atoms with Crippen molar-refractivity contribution in [3.63, 3.8) is 0 Å². The van der Waals surface area contributed by atoms with Crippen molar-refractivity contribution in [1.29, 1.82) is 0 Å². The number of nitrogens with zero attached hydrogens (tertiary/aromatic N) is 4. The zero-order valence-corrected chi connectivity index (χ0v) is 18.3. The molecule has 0 atom stereocenters. The summed E-state index contributed by atoms with van der Waals surface area (Å²) in [4.78, 5) is 8.41. The van der Waals surface area contributed by atoms with Crippen LogP contribution in [0.4, 0.5) is 10.1 Å². The smallest absolute Gasteiger partial charge is 0.270 e. The van der Waals surface area contributed by atoms with E-state index in [4.69, 9.17) is 9.47 Å². The van der Waals surface area contributed by atoms with Crippen LogP contribution in [0.25, 0.3) is 0 Å². The van der Waals surface area contributed by atoms with E-state index < -0.39 is 10.0 Å². The van der Waals surface area contributed by atoms with Gasteiger partial charge in [0.1, 0.15) is 22.2 Å². The largest absolute Gasteiger partial charge is 0.497 e. The van der Waals surface area contributed by atoms with Gasteiger partial charge >= 0.3 is 0 Å². The number of halogens is 1. The summed E-state index contributed by atoms with van der Waals surface area (Å²) in [5.41, 5.74) is 0.557. The molecular weight excluding hydrogens is 423 g/mol. The first kappa shape index (κ1) is 21.2. The molecule has 1 fully saturated rings. The van der Waals surface area contributed by atoms with Crippen LogP contribution in [0.3, 0.4) is 0 Å². The van der Waals surface area contributed by atoms with Crippen molar-refractivity contribution in [1.82, 2.24) is 9.21 Å². The number of benzene rings is 2. The number of anilines is 1. The highest BCUT2D eigenvalue weighted by molar-refractivity contribution is 7.89. The number of guanidine groups is 1. The molecule has 2 aliphatic heterocycles. The summed E-state index contributed by atoms with van der Waals surface area (Å²) in [6.07, 6.45) is 0. The van der Waals surface area contributed by atoms with E-state index in [0.717, 1.165) is 0 Å². The van der Waals surface area contributed by atoms with Crippen molar-refractivity contribution < 1.29 is 22.3 Å². The van der Waals surface area contributed by atoms with E-state index >= 15 is 0 Å². The number of hydrogen-bond donors (Lipinski definition) is 0. The Bertz CT molecular complexity index is 1080. The lowest BCUT2D eigenvalue weighted by atomic mass is 10.2. The SMILES string of the molecule is COc1ccc(OC)c(S(=O)(=O)N2CCN=C2N2CCN(c3ccccc3F)CC2)c1. The van der Waals surface area contributed by atoms with Gasteiger partial charge in [-0.2, -0.15) is 0 Å². The maximum Gasteiger partial charge on any atom is 0.270 e. The van der Waals surface area contributed by atoms with E-state index in [1.54, 1.807) is 24.3 Å². The van der Waals surface area contributed by atoms with Crippen LogP contribution in [-0.4, -0.2) is 77.1 Å². The van der Waals surface area contributed by atoms with E-state index in [1.807, 2.05) is 15.9 Å². The average molecular weight is 449 g/mol. The molecule has 0 amide bonds. The summed E-state index contributed by atoms with van der Waals surface area (Å²) >= 11 is 0. The second-order valence-electron chi connectivity index (χ2n) is 7.20. The molecule has 0 radical (unpaired) electrons. The van der Waals surface area contributed by atoms with E-state index in [1.165, 1.54) is 30.7 Å². The number of ether oxygens (including phenoxy) is 2. The van der Waals surface area contributed by atoms with E-state index in [2.05, 4.69) is 4.99 Å². The van der Waals surface area contributed by atoms with Crippen molar-refractivity contribution in [3.05, 3.63) is 48.3 Å². The zero-order chi connectivity index (χ0) is 22.0. The van der Waals surface area contributed by atoms with E-state index in [9.17, 15) is 12.8 Å². The van der Waals surface area contributed by atoms with E-state index in [-0.39, 0.29) is 23.0 Å². The zero-order valence-electron chi connectivity index (χ0n) is 17.5. The fourth-order valence-electron chi connectivity index (χ4n) is 3.86. The van der Waals surface area contributed by atoms with Crippen LogP contribution >= 0.6 is 0 Å². The predicted octanol–water partition coefficient (Wildman–Crippen LogP) is 2.03. The van der Waals surface area contributed by atoms with Gasteiger partial charge in [0.25, 0.3) is 10.0 Å². The lowest BCUT2D eigenvalue weighted by Gasteiger charge is -2.39. The first-order valence-electron chi connectivity index (χ1n) is 9.99. The second-order valence-corrected chi connectivity index (χ2v) is 9.03. The second kappa shape index (κ2) is 8.62. The van der Waals surface area contributed by atoms with Gasteiger partial charge < -0.3 is 19.3 Å². The molecule has 31 heavy (non-hydrogen) atoms. The highest BCUT2D eigenvalue weighted by Gasteiger charge is 2.37. The minimum atomic E-state index is -3.90. The Morgan fingerprint density at radius 1 is 0.935 bits per heavy atom. The standard InChI is InChI=1S/C21H25FN4O4S/c1-29-16-7-8-19(30-2)20(15-16)31(27,28)26-10-9-23-21(26)25-13-11-24(12-14-25)18-6-4-3-5-17(18)22/h3-8,15H,9-14H2,1-2H3. The Morgan fingerprint density at radius 2 is 1.65 bits per heavy atom. The number of aliphatic imine (C=N–C) groups is 1. The van der Waals surface area contributed by atoms with Gasteiger partial charge in [-0.15, -0.1) is 0 Å². The van der Waals surface area contributed by atoms with Gasteiger partial charge in [0, 0.05) is 32.2 Å². The molecule has 0 unspecified atom stereocenters. The van der Waals surface area contributed by atoms with Crippen LogP contribution in [0.2, 0.25) is 0 Å². The minimum absolute atomic E-state index is 0.0361. The first-order valence-corrected chi connectivity index (χ1v) is 11.4. The summed E-state index contributed by atoms with van der Waals surface area (Å²) in [6.45, 7) is 2.84. The summed E-state index contributed by atoms with van der Waals surface area (Å²) in [7, 11) is -0.988. The molecular formula is C21H25FN4O4S. The fourth-order valence-corrected chi connectivity index (χ4v) is 5.48. The molecule has 2 aromatic rings. The minimum Gasteiger partial charge on any atom is -0.497 e. The molecule has 2 aromatic carbocycles. The third-order valence-corrected chi connectivity index (χ3v) is 7.27. The molecule has 0 saturated carbocycles. The molecule has 0 N–H and O–H groups in total. The Kier molecular flexibility index (Phi) is 5.90. The maximum atomic E-state index is 14.1. The lowest BCUT2D eigenvalue weighted by Crippen LogP contribution is -2.53. The lowest BCUT2D eigenvalue weighted by molar-refractivity contribution is 0.355. The molecule has 166 valence electrons. The topological polar surface area (TPSA) is 74.7 Å². The molecule has 8 nitrogen and oxygen atoms in total. The summed E-state index contributed by atoms with van der Waals surface area (Å²) in [5.74, 6) is 0.827. The Hall–Kier alpha value is -3.01. The van der Waals surface area contributed by atoms with Crippen LogP contribution in [0.5, 0.6) is 11.5 Å². The Labute approximate surface area is 181 Å². The van der Waals surface area contributed by atoms with Crippen LogP contribution < -0.4 is 14.4 Å². The first-order chi connectivity index (χ1) is 15.0. The van der Waals surface area contributed by atoms with Gasteiger partial charge in [0.05, 0.1) is 33.0 Å². The molecule has 2 heterocycles. The maximum absolute atomic E-state index is 14.1. The number of hydrogen-bond acceptors (Lipinski definition) is 7. The van der Waals surface area contributed by atoms with Crippen LogP contribution in [0.1, 0.15) is 0 Å². The highest BCUT2D eigenvalue weighted by atomic mass is 32.2. The van der Waals surface area contributed by atoms with Crippen molar-refractivity contribution in [2.45, 2.75) is 4.90 Å². The van der Waals surface area contributed by atoms with Gasteiger partial charge in [-0.1, -0.05) is 12.1 Å². The van der Waals surface area contributed by atoms with Crippen molar-refractivity contribution in [3.8, 4) is 11.5 Å². The van der Waals surface area contributed by atoms with Crippen molar-refractivity contribution >= 4 is 21.7 Å². The highest BCUT2D eigenvalue weighted by Crippen LogP contribution is 2.32. The third-order valence-electron chi connectivity index (χ3n) is 5.47.